The molecule has 4 heterocycles. The minimum absolute atomic E-state index is 0.281. The molecule has 7 rings (SSSR count). The second-order valence-electron chi connectivity index (χ2n) is 10.3. The van der Waals surface area contributed by atoms with Gasteiger partial charge in [0.15, 0.2) is 12.1 Å². The Balaban J connectivity index is 1.23. The normalized spacial score (nSPS) is 23.5. The molecule has 6 heteroatoms. The van der Waals surface area contributed by atoms with Gasteiger partial charge in [0.2, 0.25) is 5.82 Å². The number of aromatic nitrogens is 2. The second-order valence-corrected chi connectivity index (χ2v) is 10.3. The number of aliphatic hydroxyl groups is 1. The topological polar surface area (TPSA) is 68.4 Å². The molecule has 0 amide bonds. The van der Waals surface area contributed by atoms with E-state index in [9.17, 15) is 5.11 Å². The van der Waals surface area contributed by atoms with Gasteiger partial charge in [-0.2, -0.15) is 4.98 Å². The molecule has 3 saturated heterocycles. The summed E-state index contributed by atoms with van der Waals surface area (Å²) in [6.07, 6.45) is 2.39. The molecule has 3 fully saturated rings. The number of nitrogens with zero attached hydrogens (tertiary/aromatic N) is 3. The first kappa shape index (κ1) is 23.0. The number of benzene rings is 3. The van der Waals surface area contributed by atoms with E-state index in [1.807, 2.05) is 91.0 Å². The van der Waals surface area contributed by atoms with E-state index in [2.05, 4.69) is 5.16 Å². The minimum Gasteiger partial charge on any atom is -0.493 e. The molecule has 0 spiro atoms. The predicted octanol–water partition coefficient (Wildman–Crippen LogP) is 4.79. The Kier molecular flexibility index (Phi) is 6.07. The van der Waals surface area contributed by atoms with Gasteiger partial charge in [0.25, 0.3) is 5.89 Å². The van der Waals surface area contributed by atoms with Crippen LogP contribution in [0.1, 0.15) is 35.7 Å². The SMILES string of the molecule is OC(c1ccccc1)(c1ccccc1)c1noc(C[N+]23CCC(CC2)[C@H](COc2ccccc2)C3)n1. The van der Waals surface area contributed by atoms with Crippen molar-refractivity contribution < 1.29 is 18.8 Å². The lowest BCUT2D eigenvalue weighted by Crippen LogP contribution is -2.62. The van der Waals surface area contributed by atoms with E-state index in [0.717, 1.165) is 36.5 Å². The molecule has 4 aromatic rings. The minimum atomic E-state index is -1.48. The van der Waals surface area contributed by atoms with Crippen LogP contribution >= 0.6 is 0 Å². The van der Waals surface area contributed by atoms with Crippen LogP contribution in [0.15, 0.2) is 95.5 Å². The summed E-state index contributed by atoms with van der Waals surface area (Å²) in [4.78, 5) is 4.78. The molecular weight excluding hydrogens is 450 g/mol. The first-order valence-corrected chi connectivity index (χ1v) is 12.8. The van der Waals surface area contributed by atoms with E-state index in [1.165, 1.54) is 12.8 Å². The fourth-order valence-electron chi connectivity index (χ4n) is 6.10. The lowest BCUT2D eigenvalue weighted by molar-refractivity contribution is -0.960. The quantitative estimate of drug-likeness (QED) is 0.366. The monoisotopic (exact) mass is 482 g/mol. The first-order valence-electron chi connectivity index (χ1n) is 12.8. The number of piperidine rings is 3. The van der Waals surface area contributed by atoms with Crippen molar-refractivity contribution in [1.29, 1.82) is 0 Å². The molecule has 1 aromatic heterocycles. The number of quaternary nitrogens is 1. The Morgan fingerprint density at radius 1 is 0.861 bits per heavy atom. The smallest absolute Gasteiger partial charge is 0.282 e. The molecule has 0 aliphatic carbocycles. The summed E-state index contributed by atoms with van der Waals surface area (Å²) in [5.74, 6) is 3.03. The van der Waals surface area contributed by atoms with Gasteiger partial charge in [0.05, 0.1) is 26.2 Å². The molecule has 184 valence electrons. The van der Waals surface area contributed by atoms with Crippen molar-refractivity contribution in [3.8, 4) is 5.75 Å². The van der Waals surface area contributed by atoms with Crippen molar-refractivity contribution in [1.82, 2.24) is 10.1 Å². The Morgan fingerprint density at radius 3 is 2.06 bits per heavy atom. The Labute approximate surface area is 211 Å². The van der Waals surface area contributed by atoms with Crippen molar-refractivity contribution in [3.05, 3.63) is 114 Å². The van der Waals surface area contributed by atoms with Gasteiger partial charge >= 0.3 is 0 Å². The van der Waals surface area contributed by atoms with E-state index in [4.69, 9.17) is 14.2 Å². The molecule has 2 bridgehead atoms. The summed E-state index contributed by atoms with van der Waals surface area (Å²) in [6, 6.07) is 29.2. The Bertz CT molecular complexity index is 1230. The van der Waals surface area contributed by atoms with E-state index in [0.29, 0.717) is 35.4 Å². The van der Waals surface area contributed by atoms with Crippen LogP contribution in [-0.2, 0) is 12.1 Å². The maximum Gasteiger partial charge on any atom is 0.282 e. The Hall–Kier alpha value is -3.48. The molecule has 3 aromatic carbocycles. The maximum atomic E-state index is 12.0. The molecule has 3 aliphatic heterocycles. The third-order valence-corrected chi connectivity index (χ3v) is 8.09. The highest BCUT2D eigenvalue weighted by Gasteiger charge is 2.47. The van der Waals surface area contributed by atoms with Crippen LogP contribution in [0.2, 0.25) is 0 Å². The number of hydrogen-bond donors (Lipinski definition) is 1. The molecule has 0 unspecified atom stereocenters. The van der Waals surface area contributed by atoms with Crippen LogP contribution in [0.4, 0.5) is 0 Å². The van der Waals surface area contributed by atoms with Gasteiger partial charge in [-0.15, -0.1) is 0 Å². The molecule has 6 nitrogen and oxygen atoms in total. The van der Waals surface area contributed by atoms with Gasteiger partial charge < -0.3 is 18.8 Å². The average Bonchev–Trinajstić information content (AvgIpc) is 3.42. The summed E-state index contributed by atoms with van der Waals surface area (Å²) in [6.45, 7) is 4.71. The maximum absolute atomic E-state index is 12.0. The highest BCUT2D eigenvalue weighted by Crippen LogP contribution is 2.40. The van der Waals surface area contributed by atoms with E-state index in [1.54, 1.807) is 0 Å². The number of hydrogen-bond acceptors (Lipinski definition) is 5. The summed E-state index contributed by atoms with van der Waals surface area (Å²) in [7, 11) is 0. The van der Waals surface area contributed by atoms with Gasteiger partial charge in [-0.3, -0.25) is 0 Å². The Morgan fingerprint density at radius 2 is 1.44 bits per heavy atom. The zero-order valence-corrected chi connectivity index (χ0v) is 20.4. The highest BCUT2D eigenvalue weighted by atomic mass is 16.5. The van der Waals surface area contributed by atoms with Gasteiger partial charge in [-0.05, 0) is 29.2 Å². The average molecular weight is 483 g/mol. The summed E-state index contributed by atoms with van der Waals surface area (Å²) in [5, 5.41) is 16.3. The van der Waals surface area contributed by atoms with Crippen molar-refractivity contribution >= 4 is 0 Å². The van der Waals surface area contributed by atoms with Crippen LogP contribution < -0.4 is 4.74 Å². The fourth-order valence-corrected chi connectivity index (χ4v) is 6.10. The molecular formula is C30H32N3O3+. The molecule has 0 saturated carbocycles. The van der Waals surface area contributed by atoms with Gasteiger partial charge in [0.1, 0.15) is 5.75 Å². The van der Waals surface area contributed by atoms with Crippen LogP contribution in [0.5, 0.6) is 5.75 Å². The standard InChI is InChI=1S/C30H32N3O3/c34-30(25-10-4-1-5-11-25,26-12-6-2-7-13-26)29-31-28(36-32-29)21-33-18-16-23(17-19-33)24(20-33)22-35-27-14-8-3-9-15-27/h1-15,23-24,34H,16-22H2/q+1/t23?,24-,33?/m0/s1. The van der Waals surface area contributed by atoms with E-state index in [-0.39, 0.29) is 5.82 Å². The zero-order chi connectivity index (χ0) is 24.4. The third-order valence-electron chi connectivity index (χ3n) is 8.09. The van der Waals surface area contributed by atoms with Crippen LogP contribution in [-0.4, -0.2) is 46.0 Å². The van der Waals surface area contributed by atoms with Crippen molar-refractivity contribution in [2.45, 2.75) is 25.0 Å². The van der Waals surface area contributed by atoms with Gasteiger partial charge in [-0.25, -0.2) is 0 Å². The van der Waals surface area contributed by atoms with Crippen LogP contribution in [0, 0.1) is 11.8 Å². The largest absolute Gasteiger partial charge is 0.493 e. The lowest BCUT2D eigenvalue weighted by Gasteiger charge is -2.51. The number of para-hydroxylation sites is 1. The third kappa shape index (κ3) is 4.31. The fraction of sp³-hybridized carbons (Fsp3) is 0.333. The van der Waals surface area contributed by atoms with Crippen LogP contribution in [0.3, 0.4) is 0 Å². The van der Waals surface area contributed by atoms with Gasteiger partial charge in [-0.1, -0.05) is 84.0 Å². The first-order chi connectivity index (χ1) is 17.6. The lowest BCUT2D eigenvalue weighted by atomic mass is 9.77. The molecule has 1 atom stereocenters. The van der Waals surface area contributed by atoms with E-state index < -0.39 is 5.60 Å². The molecule has 36 heavy (non-hydrogen) atoms. The van der Waals surface area contributed by atoms with E-state index >= 15 is 0 Å². The molecule has 3 aliphatic rings. The van der Waals surface area contributed by atoms with Crippen molar-refractivity contribution in [2.24, 2.45) is 11.8 Å². The van der Waals surface area contributed by atoms with Crippen LogP contribution in [0.25, 0.3) is 0 Å². The molecule has 1 N–H and O–H groups in total. The number of fused-ring (bicyclic) bond motifs is 3. The second kappa shape index (κ2) is 9.52. The highest BCUT2D eigenvalue weighted by molar-refractivity contribution is 5.42. The van der Waals surface area contributed by atoms with Crippen molar-refractivity contribution in [3.63, 3.8) is 0 Å². The summed E-state index contributed by atoms with van der Waals surface area (Å²) < 4.78 is 12.9. The summed E-state index contributed by atoms with van der Waals surface area (Å²) in [5.41, 5.74) is -0.0504. The summed E-state index contributed by atoms with van der Waals surface area (Å²) >= 11 is 0. The zero-order valence-electron chi connectivity index (χ0n) is 20.4. The number of ether oxygens (including phenoxy) is 1. The van der Waals surface area contributed by atoms with Crippen molar-refractivity contribution in [2.75, 3.05) is 26.2 Å². The predicted molar refractivity (Wildman–Crippen MR) is 136 cm³/mol. The molecule has 0 radical (unpaired) electrons. The number of rotatable bonds is 8. The van der Waals surface area contributed by atoms with Gasteiger partial charge in [0, 0.05) is 18.8 Å².